The summed E-state index contributed by atoms with van der Waals surface area (Å²) in [6, 6.07) is 14.3. The number of alkyl halides is 3. The third-order valence-electron chi connectivity index (χ3n) is 5.17. The van der Waals surface area contributed by atoms with E-state index >= 15 is 0 Å². The topological polar surface area (TPSA) is 59.1 Å². The second-order valence-corrected chi connectivity index (χ2v) is 8.86. The Morgan fingerprint density at radius 3 is 2.16 bits per heavy atom. The van der Waals surface area contributed by atoms with E-state index in [4.69, 9.17) is 4.74 Å². The molecular weight excluding hydrogens is 532 g/mol. The van der Waals surface area contributed by atoms with Gasteiger partial charge < -0.3 is 15.4 Å². The number of ether oxygens (including phenoxy) is 1. The fourth-order valence-corrected chi connectivity index (χ4v) is 3.90. The number of rotatable bonds is 6. The van der Waals surface area contributed by atoms with Crippen molar-refractivity contribution in [2.45, 2.75) is 44.4 Å². The summed E-state index contributed by atoms with van der Waals surface area (Å²) in [5, 5.41) is 5.71. The highest BCUT2D eigenvalue weighted by atomic mass is 127. The molecule has 32 heavy (non-hydrogen) atoms. The summed E-state index contributed by atoms with van der Waals surface area (Å²) in [5.41, 5.74) is 0.226. The fourth-order valence-electron chi connectivity index (χ4n) is 3.54. The van der Waals surface area contributed by atoms with Gasteiger partial charge in [-0.1, -0.05) is 6.42 Å². The second kappa shape index (κ2) is 9.93. The Hall–Kier alpha value is -2.56. The van der Waals surface area contributed by atoms with Crippen molar-refractivity contribution in [1.29, 1.82) is 0 Å². The Morgan fingerprint density at radius 1 is 0.875 bits per heavy atom. The number of halogens is 4. The minimum Gasteiger partial charge on any atom is -0.490 e. The number of nitrogens with zero attached hydrogens (tertiary/aromatic N) is 2. The predicted octanol–water partition coefficient (Wildman–Crippen LogP) is 7.30. The molecule has 1 heterocycles. The van der Waals surface area contributed by atoms with Crippen LogP contribution in [0.25, 0.3) is 0 Å². The van der Waals surface area contributed by atoms with Crippen molar-refractivity contribution in [3.63, 3.8) is 0 Å². The van der Waals surface area contributed by atoms with Crippen molar-refractivity contribution < 1.29 is 17.9 Å². The molecule has 0 radical (unpaired) electrons. The van der Waals surface area contributed by atoms with Gasteiger partial charge in [-0.15, -0.1) is 0 Å². The van der Waals surface area contributed by atoms with Crippen LogP contribution in [0.3, 0.4) is 0 Å². The lowest BCUT2D eigenvalue weighted by Crippen LogP contribution is -2.19. The van der Waals surface area contributed by atoms with Crippen molar-refractivity contribution in [3.05, 3.63) is 63.9 Å². The SMILES string of the molecule is FC(F)(F)c1cnc(Nc2ccc(OC3CCCCC3)cc2)nc1Nc1ccc(I)cc1. The highest BCUT2D eigenvalue weighted by molar-refractivity contribution is 14.1. The maximum Gasteiger partial charge on any atom is 0.421 e. The van der Waals surface area contributed by atoms with Gasteiger partial charge in [0.25, 0.3) is 0 Å². The highest BCUT2D eigenvalue weighted by Gasteiger charge is 2.35. The summed E-state index contributed by atoms with van der Waals surface area (Å²) in [5.74, 6) is 0.525. The quantitative estimate of drug-likeness (QED) is 0.314. The lowest BCUT2D eigenvalue weighted by atomic mass is 9.98. The zero-order valence-electron chi connectivity index (χ0n) is 17.1. The molecule has 1 fully saturated rings. The molecular formula is C23H22F3IN4O. The maximum atomic E-state index is 13.5. The first kappa shape index (κ1) is 22.6. The average Bonchev–Trinajstić information content (AvgIpc) is 2.77. The molecule has 0 spiro atoms. The van der Waals surface area contributed by atoms with Crippen molar-refractivity contribution in [2.24, 2.45) is 0 Å². The third kappa shape index (κ3) is 6.02. The monoisotopic (exact) mass is 554 g/mol. The van der Waals surface area contributed by atoms with Crippen LogP contribution < -0.4 is 15.4 Å². The molecule has 9 heteroatoms. The minimum absolute atomic E-state index is 0.0620. The van der Waals surface area contributed by atoms with Gasteiger partial charge in [0.1, 0.15) is 17.1 Å². The van der Waals surface area contributed by atoms with E-state index < -0.39 is 11.7 Å². The predicted molar refractivity (Wildman–Crippen MR) is 127 cm³/mol. The number of benzene rings is 2. The molecule has 1 aliphatic carbocycles. The van der Waals surface area contributed by atoms with Gasteiger partial charge in [0.2, 0.25) is 5.95 Å². The van der Waals surface area contributed by atoms with Gasteiger partial charge in [-0.3, -0.25) is 0 Å². The molecule has 1 aromatic heterocycles. The van der Waals surface area contributed by atoms with E-state index in [0.29, 0.717) is 11.4 Å². The first-order valence-electron chi connectivity index (χ1n) is 10.4. The van der Waals surface area contributed by atoms with E-state index in [1.54, 1.807) is 36.4 Å². The van der Waals surface area contributed by atoms with Gasteiger partial charge >= 0.3 is 6.18 Å². The van der Waals surface area contributed by atoms with E-state index in [1.807, 2.05) is 12.1 Å². The Kier molecular flexibility index (Phi) is 7.02. The van der Waals surface area contributed by atoms with Crippen LogP contribution in [0.5, 0.6) is 5.75 Å². The second-order valence-electron chi connectivity index (χ2n) is 7.61. The van der Waals surface area contributed by atoms with Gasteiger partial charge in [-0.05, 0) is 96.8 Å². The third-order valence-corrected chi connectivity index (χ3v) is 5.89. The summed E-state index contributed by atoms with van der Waals surface area (Å²) in [6.45, 7) is 0. The van der Waals surface area contributed by atoms with Crippen LogP contribution in [-0.4, -0.2) is 16.1 Å². The summed E-state index contributed by atoms with van der Waals surface area (Å²) in [4.78, 5) is 7.94. The number of nitrogens with one attached hydrogen (secondary N) is 2. The smallest absolute Gasteiger partial charge is 0.421 e. The van der Waals surface area contributed by atoms with Crippen molar-refractivity contribution in [1.82, 2.24) is 9.97 Å². The normalized spacial score (nSPS) is 14.8. The van der Waals surface area contributed by atoms with E-state index in [1.165, 1.54) is 19.3 Å². The highest BCUT2D eigenvalue weighted by Crippen LogP contribution is 2.35. The molecule has 0 atom stereocenters. The number of hydrogen-bond donors (Lipinski definition) is 2. The molecule has 3 aromatic rings. The standard InChI is InChI=1S/C23H22F3IN4O/c24-23(25,26)20-14-28-22(31-21(20)29-16-8-6-15(27)7-9-16)30-17-10-12-19(13-11-17)32-18-4-2-1-3-5-18/h6-14,18H,1-5H2,(H2,28,29,30,31). The molecule has 0 amide bonds. The Bertz CT molecular complexity index is 1040. The Labute approximate surface area is 198 Å². The fraction of sp³-hybridized carbons (Fsp3) is 0.304. The first-order valence-corrected chi connectivity index (χ1v) is 11.5. The van der Waals surface area contributed by atoms with Crippen LogP contribution in [0.4, 0.5) is 36.3 Å². The maximum absolute atomic E-state index is 13.5. The molecule has 0 saturated heterocycles. The van der Waals surface area contributed by atoms with Crippen LogP contribution in [0.1, 0.15) is 37.7 Å². The van der Waals surface area contributed by atoms with E-state index in [-0.39, 0.29) is 17.9 Å². The van der Waals surface area contributed by atoms with Crippen molar-refractivity contribution >= 4 is 45.7 Å². The van der Waals surface area contributed by atoms with Crippen LogP contribution in [0, 0.1) is 3.57 Å². The summed E-state index contributed by atoms with van der Waals surface area (Å²) < 4.78 is 47.4. The lowest BCUT2D eigenvalue weighted by Gasteiger charge is -2.23. The lowest BCUT2D eigenvalue weighted by molar-refractivity contribution is -0.137. The van der Waals surface area contributed by atoms with Crippen LogP contribution in [-0.2, 0) is 6.18 Å². The average molecular weight is 554 g/mol. The van der Waals surface area contributed by atoms with Crippen molar-refractivity contribution in [3.8, 4) is 5.75 Å². The summed E-state index contributed by atoms with van der Waals surface area (Å²) in [7, 11) is 0. The molecule has 0 bridgehead atoms. The van der Waals surface area contributed by atoms with Gasteiger partial charge in [0, 0.05) is 21.1 Å². The zero-order chi connectivity index (χ0) is 22.6. The van der Waals surface area contributed by atoms with Crippen LogP contribution in [0.2, 0.25) is 0 Å². The molecule has 5 nitrogen and oxygen atoms in total. The summed E-state index contributed by atoms with van der Waals surface area (Å²) in [6.07, 6.45) is 2.22. The molecule has 2 N–H and O–H groups in total. The largest absolute Gasteiger partial charge is 0.490 e. The van der Waals surface area contributed by atoms with Crippen molar-refractivity contribution in [2.75, 3.05) is 10.6 Å². The molecule has 1 aliphatic rings. The van der Waals surface area contributed by atoms with Crippen LogP contribution >= 0.6 is 22.6 Å². The minimum atomic E-state index is -4.58. The van der Waals surface area contributed by atoms with E-state index in [0.717, 1.165) is 28.4 Å². The number of hydrogen-bond acceptors (Lipinski definition) is 5. The van der Waals surface area contributed by atoms with E-state index in [2.05, 4.69) is 43.2 Å². The van der Waals surface area contributed by atoms with Gasteiger partial charge in [0.15, 0.2) is 0 Å². The molecule has 0 aliphatic heterocycles. The zero-order valence-corrected chi connectivity index (χ0v) is 19.3. The molecule has 2 aromatic carbocycles. The molecule has 4 rings (SSSR count). The summed E-state index contributed by atoms with van der Waals surface area (Å²) >= 11 is 2.13. The van der Waals surface area contributed by atoms with Gasteiger partial charge in [0.05, 0.1) is 6.10 Å². The van der Waals surface area contributed by atoms with Gasteiger partial charge in [-0.2, -0.15) is 18.2 Å². The Morgan fingerprint density at radius 2 is 1.50 bits per heavy atom. The molecule has 168 valence electrons. The van der Waals surface area contributed by atoms with E-state index in [9.17, 15) is 13.2 Å². The number of aromatic nitrogens is 2. The number of anilines is 4. The molecule has 1 saturated carbocycles. The van der Waals surface area contributed by atoms with Crippen LogP contribution in [0.15, 0.2) is 54.7 Å². The molecule has 0 unspecified atom stereocenters. The first-order chi connectivity index (χ1) is 15.4. The Balaban J connectivity index is 1.50. The van der Waals surface area contributed by atoms with Gasteiger partial charge in [-0.25, -0.2) is 4.98 Å².